The van der Waals surface area contributed by atoms with Gasteiger partial charge in [0.2, 0.25) is 15.9 Å². The van der Waals surface area contributed by atoms with Gasteiger partial charge < -0.3 is 10.1 Å². The molecular formula is C19H21FN2O4S. The van der Waals surface area contributed by atoms with E-state index in [4.69, 9.17) is 4.74 Å². The first-order valence-corrected chi connectivity index (χ1v) is 10.1. The molecule has 144 valence electrons. The van der Waals surface area contributed by atoms with Gasteiger partial charge >= 0.3 is 0 Å². The van der Waals surface area contributed by atoms with Crippen LogP contribution >= 0.6 is 0 Å². The molecule has 0 saturated carbocycles. The zero-order chi connectivity index (χ0) is 19.4. The number of carbonyl (C=O) groups is 1. The summed E-state index contributed by atoms with van der Waals surface area (Å²) in [5, 5.41) is 2.82. The lowest BCUT2D eigenvalue weighted by Crippen LogP contribution is -2.43. The number of methoxy groups -OCH3 is 1. The number of nitrogens with one attached hydrogen (secondary N) is 1. The van der Waals surface area contributed by atoms with Crippen molar-refractivity contribution < 1.29 is 22.3 Å². The minimum atomic E-state index is -3.77. The summed E-state index contributed by atoms with van der Waals surface area (Å²) < 4.78 is 45.1. The van der Waals surface area contributed by atoms with Gasteiger partial charge in [-0.15, -0.1) is 0 Å². The van der Waals surface area contributed by atoms with Gasteiger partial charge in [0.1, 0.15) is 11.6 Å². The zero-order valence-electron chi connectivity index (χ0n) is 14.9. The van der Waals surface area contributed by atoms with Gasteiger partial charge in [-0.05, 0) is 49.2 Å². The summed E-state index contributed by atoms with van der Waals surface area (Å²) in [6, 6.07) is 11.8. The van der Waals surface area contributed by atoms with Gasteiger partial charge in [-0.2, -0.15) is 4.31 Å². The van der Waals surface area contributed by atoms with Gasteiger partial charge in [-0.3, -0.25) is 4.79 Å². The number of nitrogens with zero attached hydrogens (tertiary/aromatic N) is 1. The molecule has 2 aromatic rings. The molecule has 1 amide bonds. The van der Waals surface area contributed by atoms with Gasteiger partial charge in [0, 0.05) is 13.1 Å². The Morgan fingerprint density at radius 3 is 2.59 bits per heavy atom. The van der Waals surface area contributed by atoms with E-state index >= 15 is 0 Å². The molecule has 2 aromatic carbocycles. The summed E-state index contributed by atoms with van der Waals surface area (Å²) in [5.74, 6) is -0.684. The first-order chi connectivity index (χ1) is 12.9. The first-order valence-electron chi connectivity index (χ1n) is 8.61. The number of halogens is 1. The fraction of sp³-hybridized carbons (Fsp3) is 0.316. The highest BCUT2D eigenvalue weighted by Crippen LogP contribution is 2.27. The van der Waals surface area contributed by atoms with Crippen LogP contribution in [0.15, 0.2) is 53.4 Å². The topological polar surface area (TPSA) is 75.7 Å². The summed E-state index contributed by atoms with van der Waals surface area (Å²) in [7, 11) is -2.25. The number of para-hydroxylation sites is 2. The summed E-state index contributed by atoms with van der Waals surface area (Å²) in [4.78, 5) is 12.7. The van der Waals surface area contributed by atoms with E-state index in [-0.39, 0.29) is 17.3 Å². The second-order valence-corrected chi connectivity index (χ2v) is 8.28. The molecule has 1 aliphatic rings. The normalized spacial score (nSPS) is 18.1. The molecule has 0 bridgehead atoms. The zero-order valence-corrected chi connectivity index (χ0v) is 15.7. The van der Waals surface area contributed by atoms with E-state index in [0.29, 0.717) is 30.8 Å². The fourth-order valence-corrected chi connectivity index (χ4v) is 4.64. The van der Waals surface area contributed by atoms with Gasteiger partial charge in [-0.1, -0.05) is 12.1 Å². The van der Waals surface area contributed by atoms with E-state index in [9.17, 15) is 17.6 Å². The molecule has 0 aromatic heterocycles. The summed E-state index contributed by atoms with van der Waals surface area (Å²) >= 11 is 0. The molecule has 27 heavy (non-hydrogen) atoms. The van der Waals surface area contributed by atoms with Crippen molar-refractivity contribution in [3.05, 3.63) is 54.3 Å². The largest absolute Gasteiger partial charge is 0.495 e. The summed E-state index contributed by atoms with van der Waals surface area (Å²) in [6.07, 6.45) is 1.17. The third-order valence-corrected chi connectivity index (χ3v) is 6.45. The maximum absolute atomic E-state index is 13.1. The number of hydrogen-bond acceptors (Lipinski definition) is 4. The maximum atomic E-state index is 13.1. The number of rotatable bonds is 5. The van der Waals surface area contributed by atoms with E-state index in [0.717, 1.165) is 12.1 Å². The van der Waals surface area contributed by atoms with Gasteiger partial charge in [0.15, 0.2) is 0 Å². The Morgan fingerprint density at radius 1 is 1.19 bits per heavy atom. The lowest BCUT2D eigenvalue weighted by atomic mass is 9.98. The van der Waals surface area contributed by atoms with E-state index in [2.05, 4.69) is 5.32 Å². The third kappa shape index (κ3) is 4.28. The van der Waals surface area contributed by atoms with Gasteiger partial charge in [0.05, 0.1) is 23.6 Å². The monoisotopic (exact) mass is 392 g/mol. The number of sulfonamides is 1. The highest BCUT2D eigenvalue weighted by molar-refractivity contribution is 7.89. The number of benzene rings is 2. The Balaban J connectivity index is 1.73. The lowest BCUT2D eigenvalue weighted by Gasteiger charge is -2.31. The highest BCUT2D eigenvalue weighted by Gasteiger charge is 2.33. The second-order valence-electron chi connectivity index (χ2n) is 6.35. The molecule has 1 atom stereocenters. The second kappa shape index (κ2) is 8.06. The Bertz CT molecular complexity index is 916. The number of ether oxygens (including phenoxy) is 1. The summed E-state index contributed by atoms with van der Waals surface area (Å²) in [6.45, 7) is 0.416. The lowest BCUT2D eigenvalue weighted by molar-refractivity contribution is -0.120. The van der Waals surface area contributed by atoms with Crippen LogP contribution in [0.25, 0.3) is 0 Å². The number of amides is 1. The average molecular weight is 392 g/mol. The molecule has 1 N–H and O–H groups in total. The van der Waals surface area contributed by atoms with E-state index in [1.807, 2.05) is 0 Å². The predicted octanol–water partition coefficient (Wildman–Crippen LogP) is 2.87. The average Bonchev–Trinajstić information content (AvgIpc) is 2.69. The van der Waals surface area contributed by atoms with Crippen molar-refractivity contribution in [3.8, 4) is 5.75 Å². The van der Waals surface area contributed by atoms with Crippen molar-refractivity contribution >= 4 is 21.6 Å². The highest BCUT2D eigenvalue weighted by atomic mass is 32.2. The van der Waals surface area contributed by atoms with Crippen LogP contribution in [0.1, 0.15) is 12.8 Å². The molecule has 1 aliphatic heterocycles. The number of carbonyl (C=O) groups excluding carboxylic acids is 1. The van der Waals surface area contributed by atoms with Crippen LogP contribution in [0.2, 0.25) is 0 Å². The molecule has 6 nitrogen and oxygen atoms in total. The van der Waals surface area contributed by atoms with E-state index in [1.165, 1.54) is 23.5 Å². The first kappa shape index (κ1) is 19.3. The molecule has 3 rings (SSSR count). The van der Waals surface area contributed by atoms with Crippen LogP contribution in [-0.4, -0.2) is 38.8 Å². The van der Waals surface area contributed by atoms with Crippen molar-refractivity contribution in [3.63, 3.8) is 0 Å². The SMILES string of the molecule is COc1ccccc1NC(=O)C1CCCN(S(=O)(=O)c2ccc(F)cc2)C1. The molecule has 1 fully saturated rings. The minimum absolute atomic E-state index is 0.0229. The van der Waals surface area contributed by atoms with Gasteiger partial charge in [0.25, 0.3) is 0 Å². The van der Waals surface area contributed by atoms with Crippen LogP contribution < -0.4 is 10.1 Å². The Labute approximate surface area is 158 Å². The number of piperidine rings is 1. The Morgan fingerprint density at radius 2 is 1.89 bits per heavy atom. The molecule has 0 spiro atoms. The van der Waals surface area contributed by atoms with Crippen molar-refractivity contribution in [2.45, 2.75) is 17.7 Å². The van der Waals surface area contributed by atoms with Crippen molar-refractivity contribution in [1.29, 1.82) is 0 Å². The molecule has 0 aliphatic carbocycles. The maximum Gasteiger partial charge on any atom is 0.243 e. The molecule has 0 radical (unpaired) electrons. The molecule has 1 heterocycles. The molecule has 1 unspecified atom stereocenters. The molecule has 8 heteroatoms. The van der Waals surface area contributed by atoms with Crippen LogP contribution in [0.3, 0.4) is 0 Å². The van der Waals surface area contributed by atoms with E-state index in [1.54, 1.807) is 24.3 Å². The van der Waals surface area contributed by atoms with Crippen molar-refractivity contribution in [1.82, 2.24) is 4.31 Å². The Kier molecular flexibility index (Phi) is 5.76. The van der Waals surface area contributed by atoms with E-state index < -0.39 is 21.8 Å². The van der Waals surface area contributed by atoms with Crippen molar-refractivity contribution in [2.75, 3.05) is 25.5 Å². The van der Waals surface area contributed by atoms with Crippen LogP contribution in [0, 0.1) is 11.7 Å². The van der Waals surface area contributed by atoms with Gasteiger partial charge in [-0.25, -0.2) is 12.8 Å². The summed E-state index contributed by atoms with van der Waals surface area (Å²) in [5.41, 5.74) is 0.545. The Hall–Kier alpha value is -2.45. The smallest absolute Gasteiger partial charge is 0.243 e. The van der Waals surface area contributed by atoms with Crippen LogP contribution in [0.4, 0.5) is 10.1 Å². The quantitative estimate of drug-likeness (QED) is 0.849. The number of hydrogen-bond donors (Lipinski definition) is 1. The minimum Gasteiger partial charge on any atom is -0.495 e. The fourth-order valence-electron chi connectivity index (χ4n) is 3.11. The third-order valence-electron chi connectivity index (χ3n) is 4.57. The molecule has 1 saturated heterocycles. The van der Waals surface area contributed by atoms with Crippen molar-refractivity contribution in [2.24, 2.45) is 5.92 Å². The molecular weight excluding hydrogens is 371 g/mol. The number of anilines is 1. The van der Waals surface area contributed by atoms with Crippen LogP contribution in [-0.2, 0) is 14.8 Å². The predicted molar refractivity (Wildman–Crippen MR) is 99.5 cm³/mol. The van der Waals surface area contributed by atoms with Crippen LogP contribution in [0.5, 0.6) is 5.75 Å². The standard InChI is InChI=1S/C19H21FN2O4S/c1-26-18-7-3-2-6-17(18)21-19(23)14-5-4-12-22(13-14)27(24,25)16-10-8-15(20)9-11-16/h2-3,6-11,14H,4-5,12-13H2,1H3,(H,21,23).